The molecule has 0 aliphatic carbocycles. The van der Waals surface area contributed by atoms with Gasteiger partial charge < -0.3 is 10.0 Å². The zero-order valence-corrected chi connectivity index (χ0v) is 10.3. The zero-order chi connectivity index (χ0) is 12.7. The Kier molecular flexibility index (Phi) is 2.67. The molecular weight excluding hydrogens is 228 g/mol. The molecule has 1 aromatic carbocycles. The summed E-state index contributed by atoms with van der Waals surface area (Å²) in [5.74, 6) is 0.886. The van der Waals surface area contributed by atoms with Crippen LogP contribution in [0.15, 0.2) is 29.3 Å². The molecule has 2 heterocycles. The first-order valence-electron chi connectivity index (χ1n) is 6.28. The molecule has 1 fully saturated rings. The van der Waals surface area contributed by atoms with Crippen LogP contribution in [0.3, 0.4) is 0 Å². The first-order valence-corrected chi connectivity index (χ1v) is 6.28. The maximum atomic E-state index is 11.5. The fourth-order valence-corrected chi connectivity index (χ4v) is 2.81. The van der Waals surface area contributed by atoms with E-state index in [0.29, 0.717) is 12.8 Å². The van der Waals surface area contributed by atoms with Gasteiger partial charge in [0.1, 0.15) is 17.7 Å². The number of aliphatic imine (C=N–C) groups is 1. The highest BCUT2D eigenvalue weighted by molar-refractivity contribution is 5.93. The summed E-state index contributed by atoms with van der Waals surface area (Å²) >= 11 is 0. The summed E-state index contributed by atoms with van der Waals surface area (Å²) in [6.45, 7) is 2.38. The Bertz CT molecular complexity index is 524. The molecule has 4 heteroatoms. The highest BCUT2D eigenvalue weighted by Crippen LogP contribution is 2.39. The van der Waals surface area contributed by atoms with Crippen LogP contribution in [0, 0.1) is 0 Å². The van der Waals surface area contributed by atoms with Gasteiger partial charge in [-0.3, -0.25) is 4.79 Å². The Morgan fingerprint density at radius 3 is 3.06 bits per heavy atom. The maximum Gasteiger partial charge on any atom is 0.134 e. The normalized spacial score (nSPS) is 25.4. The molecule has 18 heavy (non-hydrogen) atoms. The predicted molar refractivity (Wildman–Crippen MR) is 68.9 cm³/mol. The first-order chi connectivity index (χ1) is 8.66. The van der Waals surface area contributed by atoms with Crippen LogP contribution in [0.1, 0.15) is 31.4 Å². The van der Waals surface area contributed by atoms with E-state index in [2.05, 4.69) is 9.89 Å². The molecule has 1 N–H and O–H groups in total. The molecule has 2 atom stereocenters. The van der Waals surface area contributed by atoms with Crippen molar-refractivity contribution in [2.45, 2.75) is 31.9 Å². The van der Waals surface area contributed by atoms with Crippen LogP contribution >= 0.6 is 0 Å². The second-order valence-corrected chi connectivity index (χ2v) is 4.95. The third-order valence-electron chi connectivity index (χ3n) is 3.62. The molecular formula is C14H16N2O2. The summed E-state index contributed by atoms with van der Waals surface area (Å²) in [5, 5.41) is 9.94. The Morgan fingerprint density at radius 2 is 2.28 bits per heavy atom. The van der Waals surface area contributed by atoms with Crippen LogP contribution in [-0.2, 0) is 4.79 Å². The van der Waals surface area contributed by atoms with Crippen LogP contribution in [-0.4, -0.2) is 34.3 Å². The van der Waals surface area contributed by atoms with Crippen LogP contribution in [0.25, 0.3) is 0 Å². The standard InChI is InChI=1S/C14H16N2O2/c1-9(17)8-12-10-4-2-3-5-11(10)15-14-13(18)6-7-16(12)14/h2-5,12-13,18H,6-8H2,1H3. The van der Waals surface area contributed by atoms with E-state index in [4.69, 9.17) is 0 Å². The lowest BCUT2D eigenvalue weighted by Gasteiger charge is -2.34. The van der Waals surface area contributed by atoms with E-state index in [1.54, 1.807) is 6.92 Å². The van der Waals surface area contributed by atoms with Crippen molar-refractivity contribution in [3.8, 4) is 0 Å². The van der Waals surface area contributed by atoms with Gasteiger partial charge in [0, 0.05) is 18.5 Å². The number of hydrogen-bond donors (Lipinski definition) is 1. The minimum Gasteiger partial charge on any atom is -0.385 e. The van der Waals surface area contributed by atoms with Gasteiger partial charge in [-0.1, -0.05) is 18.2 Å². The number of nitrogens with zero attached hydrogens (tertiary/aromatic N) is 2. The monoisotopic (exact) mass is 244 g/mol. The number of hydrogen-bond acceptors (Lipinski definition) is 4. The third kappa shape index (κ3) is 1.73. The summed E-state index contributed by atoms with van der Waals surface area (Å²) in [6, 6.07) is 7.90. The number of Topliss-reactive ketones (excluding diaryl/α,β-unsaturated/α-hetero) is 1. The number of aliphatic hydroxyl groups excluding tert-OH is 1. The molecule has 3 rings (SSSR count). The lowest BCUT2D eigenvalue weighted by Crippen LogP contribution is -2.36. The summed E-state index contributed by atoms with van der Waals surface area (Å²) in [7, 11) is 0. The van der Waals surface area contributed by atoms with Gasteiger partial charge in [-0.25, -0.2) is 4.99 Å². The Labute approximate surface area is 106 Å². The molecule has 0 spiro atoms. The molecule has 1 aromatic rings. The van der Waals surface area contributed by atoms with Crippen molar-refractivity contribution in [1.82, 2.24) is 4.90 Å². The van der Waals surface area contributed by atoms with Gasteiger partial charge in [-0.05, 0) is 19.4 Å². The summed E-state index contributed by atoms with van der Waals surface area (Å²) < 4.78 is 0. The quantitative estimate of drug-likeness (QED) is 0.863. The first kappa shape index (κ1) is 11.4. The van der Waals surface area contributed by atoms with E-state index in [0.717, 1.165) is 23.6 Å². The number of aliphatic hydroxyl groups is 1. The molecule has 2 aliphatic rings. The highest BCUT2D eigenvalue weighted by Gasteiger charge is 2.37. The molecule has 1 saturated heterocycles. The number of benzene rings is 1. The van der Waals surface area contributed by atoms with Crippen molar-refractivity contribution in [2.24, 2.45) is 4.99 Å². The summed E-state index contributed by atoms with van der Waals surface area (Å²) in [4.78, 5) is 18.1. The lowest BCUT2D eigenvalue weighted by molar-refractivity contribution is -0.117. The molecule has 0 aromatic heterocycles. The molecule has 2 unspecified atom stereocenters. The lowest BCUT2D eigenvalue weighted by atomic mass is 9.97. The van der Waals surface area contributed by atoms with Crippen LogP contribution in [0.2, 0.25) is 0 Å². The number of fused-ring (bicyclic) bond motifs is 2. The van der Waals surface area contributed by atoms with Crippen LogP contribution in [0.4, 0.5) is 5.69 Å². The van der Waals surface area contributed by atoms with E-state index in [1.165, 1.54) is 0 Å². The van der Waals surface area contributed by atoms with Gasteiger partial charge in [0.25, 0.3) is 0 Å². The largest absolute Gasteiger partial charge is 0.385 e. The second kappa shape index (κ2) is 4.21. The van der Waals surface area contributed by atoms with Gasteiger partial charge in [0.15, 0.2) is 0 Å². The van der Waals surface area contributed by atoms with E-state index in [1.807, 2.05) is 24.3 Å². The highest BCUT2D eigenvalue weighted by atomic mass is 16.3. The van der Waals surface area contributed by atoms with Crippen molar-refractivity contribution in [3.05, 3.63) is 29.8 Å². The molecule has 2 aliphatic heterocycles. The molecule has 0 amide bonds. The maximum absolute atomic E-state index is 11.5. The third-order valence-corrected chi connectivity index (χ3v) is 3.62. The van der Waals surface area contributed by atoms with Crippen molar-refractivity contribution in [1.29, 1.82) is 0 Å². The minimum absolute atomic E-state index is 0.0309. The number of carbonyl (C=O) groups excluding carboxylic acids is 1. The van der Waals surface area contributed by atoms with Crippen LogP contribution < -0.4 is 0 Å². The Balaban J connectivity index is 2.07. The average molecular weight is 244 g/mol. The average Bonchev–Trinajstić information content (AvgIpc) is 2.71. The van der Waals surface area contributed by atoms with Gasteiger partial charge in [0.2, 0.25) is 0 Å². The SMILES string of the molecule is CC(=O)CC1c2ccccc2N=C2C(O)CCN21. The molecule has 94 valence electrons. The Morgan fingerprint density at radius 1 is 1.50 bits per heavy atom. The fraction of sp³-hybridized carbons (Fsp3) is 0.429. The molecule has 4 nitrogen and oxygen atoms in total. The van der Waals surface area contributed by atoms with Crippen molar-refractivity contribution < 1.29 is 9.90 Å². The smallest absolute Gasteiger partial charge is 0.134 e. The summed E-state index contributed by atoms with van der Waals surface area (Å²) in [5.41, 5.74) is 1.97. The van der Waals surface area contributed by atoms with Gasteiger partial charge in [-0.2, -0.15) is 0 Å². The number of carbonyl (C=O) groups is 1. The zero-order valence-electron chi connectivity index (χ0n) is 10.3. The van der Waals surface area contributed by atoms with Crippen LogP contribution in [0.5, 0.6) is 0 Å². The fourth-order valence-electron chi connectivity index (χ4n) is 2.81. The van der Waals surface area contributed by atoms with E-state index in [9.17, 15) is 9.90 Å². The number of ketones is 1. The van der Waals surface area contributed by atoms with Crippen molar-refractivity contribution >= 4 is 17.3 Å². The van der Waals surface area contributed by atoms with E-state index < -0.39 is 6.10 Å². The molecule has 0 bridgehead atoms. The minimum atomic E-state index is -0.493. The van der Waals surface area contributed by atoms with Gasteiger partial charge in [-0.15, -0.1) is 0 Å². The van der Waals surface area contributed by atoms with E-state index in [-0.39, 0.29) is 11.8 Å². The molecule has 0 radical (unpaired) electrons. The number of rotatable bonds is 2. The molecule has 0 saturated carbocycles. The number of para-hydroxylation sites is 1. The van der Waals surface area contributed by atoms with Crippen molar-refractivity contribution in [2.75, 3.05) is 6.54 Å². The topological polar surface area (TPSA) is 52.9 Å². The summed E-state index contributed by atoms with van der Waals surface area (Å²) in [6.07, 6.45) is 0.678. The second-order valence-electron chi connectivity index (χ2n) is 4.95. The Hall–Kier alpha value is -1.68. The van der Waals surface area contributed by atoms with Gasteiger partial charge >= 0.3 is 0 Å². The van der Waals surface area contributed by atoms with E-state index >= 15 is 0 Å². The predicted octanol–water partition coefficient (Wildman–Crippen LogP) is 1.82. The number of amidine groups is 1. The van der Waals surface area contributed by atoms with Gasteiger partial charge in [0.05, 0.1) is 11.7 Å². The van der Waals surface area contributed by atoms with Crippen molar-refractivity contribution in [3.63, 3.8) is 0 Å².